The fourth-order valence-corrected chi connectivity index (χ4v) is 2.46. The van der Waals surface area contributed by atoms with Crippen molar-refractivity contribution in [1.82, 2.24) is 15.0 Å². The lowest BCUT2D eigenvalue weighted by Crippen LogP contribution is -2.40. The molecule has 0 unspecified atom stereocenters. The van der Waals surface area contributed by atoms with Crippen LogP contribution in [0.3, 0.4) is 0 Å². The Morgan fingerprint density at radius 2 is 1.89 bits per heavy atom. The van der Waals surface area contributed by atoms with E-state index < -0.39 is 18.2 Å². The van der Waals surface area contributed by atoms with Gasteiger partial charge in [0.15, 0.2) is 0 Å². The summed E-state index contributed by atoms with van der Waals surface area (Å²) in [7, 11) is 1.47. The summed E-state index contributed by atoms with van der Waals surface area (Å²) in [5.74, 6) is -1.38. The Morgan fingerprint density at radius 3 is 2.44 bits per heavy atom. The van der Waals surface area contributed by atoms with Gasteiger partial charge in [0, 0.05) is 31.5 Å². The van der Waals surface area contributed by atoms with E-state index in [4.69, 9.17) is 9.57 Å². The second-order valence-corrected chi connectivity index (χ2v) is 5.64. The summed E-state index contributed by atoms with van der Waals surface area (Å²) in [5, 5.41) is 7.16. The Hall–Kier alpha value is -3.11. The Labute approximate surface area is 151 Å². The first-order valence-corrected chi connectivity index (χ1v) is 7.94. The van der Waals surface area contributed by atoms with Gasteiger partial charge < -0.3 is 19.0 Å². The molecule has 2 aromatic rings. The molecule has 0 bridgehead atoms. The molecular weight excluding hydrogens is 369 g/mol. The summed E-state index contributed by atoms with van der Waals surface area (Å²) in [6.45, 7) is 0.921. The lowest BCUT2D eigenvalue weighted by atomic mass is 10.1. The van der Waals surface area contributed by atoms with Crippen LogP contribution in [-0.4, -0.2) is 47.0 Å². The monoisotopic (exact) mass is 384 g/mol. The summed E-state index contributed by atoms with van der Waals surface area (Å²) < 4.78 is 46.9. The quantitative estimate of drug-likeness (QED) is 0.754. The number of aromatic nitrogens is 2. The van der Waals surface area contributed by atoms with E-state index in [1.807, 2.05) is 0 Å². The third kappa shape index (κ3) is 4.54. The number of oxime groups is 1. The number of ether oxygens (including phenoxy) is 1. The zero-order valence-electron chi connectivity index (χ0n) is 14.2. The highest BCUT2D eigenvalue weighted by molar-refractivity contribution is 5.86. The molecular formula is C16H15F3N4O4. The number of alkyl halides is 3. The molecule has 27 heavy (non-hydrogen) atoms. The highest BCUT2D eigenvalue weighted by Crippen LogP contribution is 2.29. The van der Waals surface area contributed by atoms with Crippen LogP contribution in [0.25, 0.3) is 11.4 Å². The summed E-state index contributed by atoms with van der Waals surface area (Å²) in [4.78, 5) is 21.7. The number of hydrogen-bond acceptors (Lipinski definition) is 7. The van der Waals surface area contributed by atoms with Gasteiger partial charge in [-0.15, -0.1) is 0 Å². The topological polar surface area (TPSA) is 90.0 Å². The normalized spacial score (nSPS) is 14.8. The fourth-order valence-electron chi connectivity index (χ4n) is 2.46. The van der Waals surface area contributed by atoms with Crippen molar-refractivity contribution in [2.45, 2.75) is 19.0 Å². The Kier molecular flexibility index (Phi) is 5.28. The predicted molar refractivity (Wildman–Crippen MR) is 86.0 cm³/mol. The van der Waals surface area contributed by atoms with Crippen LogP contribution in [0.15, 0.2) is 33.9 Å². The Balaban J connectivity index is 1.60. The third-order valence-corrected chi connectivity index (χ3v) is 3.81. The van der Waals surface area contributed by atoms with E-state index in [-0.39, 0.29) is 11.6 Å². The number of hydrogen-bond donors (Lipinski definition) is 0. The number of benzene rings is 1. The zero-order valence-corrected chi connectivity index (χ0v) is 14.2. The summed E-state index contributed by atoms with van der Waals surface area (Å²) >= 11 is 0. The minimum atomic E-state index is -4.71. The van der Waals surface area contributed by atoms with Gasteiger partial charge >= 0.3 is 18.2 Å². The molecule has 144 valence electrons. The van der Waals surface area contributed by atoms with E-state index in [0.29, 0.717) is 31.5 Å². The van der Waals surface area contributed by atoms with Gasteiger partial charge in [-0.2, -0.15) is 18.2 Å². The molecule has 0 saturated carbocycles. The molecule has 0 atom stereocenters. The smallest absolute Gasteiger partial charge is 0.410 e. The number of likely N-dealkylation sites (tertiary alicyclic amines) is 1. The predicted octanol–water partition coefficient (Wildman–Crippen LogP) is 3.35. The Bertz CT molecular complexity index is 823. The summed E-state index contributed by atoms with van der Waals surface area (Å²) in [5.41, 5.74) is 1.18. The van der Waals surface area contributed by atoms with E-state index >= 15 is 0 Å². The molecule has 1 aliphatic heterocycles. The molecule has 0 spiro atoms. The first kappa shape index (κ1) is 18.7. The first-order chi connectivity index (χ1) is 12.9. The van der Waals surface area contributed by atoms with Crippen LogP contribution in [0, 0.1) is 0 Å². The molecule has 8 nitrogen and oxygen atoms in total. The molecule has 0 aliphatic carbocycles. The standard InChI is InChI=1S/C16H15F3N4O4/c1-25-21-11-6-8-23(9-7-11)15(24)26-12-4-2-10(3-5-12)13-20-14(27-22-13)16(17,18)19/h2-5H,6-9H2,1H3. The number of carbonyl (C=O) groups excluding carboxylic acids is 1. The average Bonchev–Trinajstić information content (AvgIpc) is 3.14. The van der Waals surface area contributed by atoms with Crippen LogP contribution in [0.1, 0.15) is 18.7 Å². The molecule has 1 saturated heterocycles. The number of piperidine rings is 1. The number of nitrogens with zero attached hydrogens (tertiary/aromatic N) is 4. The van der Waals surface area contributed by atoms with Crippen molar-refractivity contribution < 1.29 is 32.1 Å². The molecule has 0 N–H and O–H groups in total. The minimum Gasteiger partial charge on any atom is -0.410 e. The van der Waals surface area contributed by atoms with E-state index in [0.717, 1.165) is 5.71 Å². The van der Waals surface area contributed by atoms with E-state index in [1.165, 1.54) is 36.3 Å². The molecule has 3 rings (SSSR count). The molecule has 1 aromatic carbocycles. The highest BCUT2D eigenvalue weighted by Gasteiger charge is 2.38. The molecule has 11 heteroatoms. The summed E-state index contributed by atoms with van der Waals surface area (Å²) in [6, 6.07) is 5.76. The van der Waals surface area contributed by atoms with Crippen LogP contribution < -0.4 is 4.74 Å². The van der Waals surface area contributed by atoms with Gasteiger partial charge in [-0.3, -0.25) is 0 Å². The second kappa shape index (κ2) is 7.64. The number of carbonyl (C=O) groups is 1. The molecule has 1 fully saturated rings. The van der Waals surface area contributed by atoms with Crippen molar-refractivity contribution in [2.24, 2.45) is 5.16 Å². The fraction of sp³-hybridized carbons (Fsp3) is 0.375. The summed E-state index contributed by atoms with van der Waals surface area (Å²) in [6.07, 6.45) is -4.02. The van der Waals surface area contributed by atoms with E-state index in [9.17, 15) is 18.0 Å². The minimum absolute atomic E-state index is 0.207. The number of halogens is 3. The third-order valence-electron chi connectivity index (χ3n) is 3.81. The maximum atomic E-state index is 12.5. The second-order valence-electron chi connectivity index (χ2n) is 5.64. The number of rotatable bonds is 3. The van der Waals surface area contributed by atoms with Crippen LogP contribution in [0.2, 0.25) is 0 Å². The Morgan fingerprint density at radius 1 is 1.22 bits per heavy atom. The molecule has 0 radical (unpaired) electrons. The van der Waals surface area contributed by atoms with Crippen LogP contribution in [0.5, 0.6) is 5.75 Å². The van der Waals surface area contributed by atoms with Crippen molar-refractivity contribution in [3.63, 3.8) is 0 Å². The van der Waals surface area contributed by atoms with E-state index in [2.05, 4.69) is 19.8 Å². The van der Waals surface area contributed by atoms with Gasteiger partial charge in [0.2, 0.25) is 5.82 Å². The molecule has 1 aromatic heterocycles. The first-order valence-electron chi connectivity index (χ1n) is 7.94. The van der Waals surface area contributed by atoms with Crippen molar-refractivity contribution >= 4 is 11.8 Å². The number of amides is 1. The van der Waals surface area contributed by atoms with Gasteiger partial charge in [-0.05, 0) is 24.3 Å². The highest BCUT2D eigenvalue weighted by atomic mass is 19.4. The van der Waals surface area contributed by atoms with Gasteiger partial charge in [0.25, 0.3) is 0 Å². The van der Waals surface area contributed by atoms with Crippen molar-refractivity contribution in [3.05, 3.63) is 30.2 Å². The van der Waals surface area contributed by atoms with Gasteiger partial charge in [0.1, 0.15) is 12.9 Å². The molecule has 1 amide bonds. The van der Waals surface area contributed by atoms with Gasteiger partial charge in [-0.1, -0.05) is 10.3 Å². The SMILES string of the molecule is CON=C1CCN(C(=O)Oc2ccc(-c3noc(C(F)(F)F)n3)cc2)CC1. The zero-order chi connectivity index (χ0) is 19.4. The van der Waals surface area contributed by atoms with Crippen LogP contribution >= 0.6 is 0 Å². The van der Waals surface area contributed by atoms with Crippen molar-refractivity contribution in [2.75, 3.05) is 20.2 Å². The van der Waals surface area contributed by atoms with Crippen LogP contribution in [-0.2, 0) is 11.0 Å². The largest absolute Gasteiger partial charge is 0.471 e. The molecule has 2 heterocycles. The average molecular weight is 384 g/mol. The van der Waals surface area contributed by atoms with Crippen molar-refractivity contribution in [3.8, 4) is 17.1 Å². The maximum Gasteiger partial charge on any atom is 0.471 e. The van der Waals surface area contributed by atoms with Crippen LogP contribution in [0.4, 0.5) is 18.0 Å². The van der Waals surface area contributed by atoms with Gasteiger partial charge in [0.05, 0.1) is 5.71 Å². The molecule has 1 aliphatic rings. The lowest BCUT2D eigenvalue weighted by Gasteiger charge is -2.26. The maximum absolute atomic E-state index is 12.5. The van der Waals surface area contributed by atoms with Gasteiger partial charge in [-0.25, -0.2) is 4.79 Å². The van der Waals surface area contributed by atoms with E-state index in [1.54, 1.807) is 0 Å². The lowest BCUT2D eigenvalue weighted by molar-refractivity contribution is -0.159. The van der Waals surface area contributed by atoms with Crippen molar-refractivity contribution in [1.29, 1.82) is 0 Å².